The van der Waals surface area contributed by atoms with Crippen LogP contribution in [0.4, 0.5) is 5.69 Å². The minimum Gasteiger partial charge on any atom is -0.466 e. The van der Waals surface area contributed by atoms with E-state index in [-0.39, 0.29) is 24.6 Å². The Morgan fingerprint density at radius 1 is 1.08 bits per heavy atom. The lowest BCUT2D eigenvalue weighted by Gasteiger charge is -2.33. The number of aromatic nitrogens is 1. The van der Waals surface area contributed by atoms with Crippen molar-refractivity contribution in [3.63, 3.8) is 0 Å². The van der Waals surface area contributed by atoms with Gasteiger partial charge in [-0.05, 0) is 37.6 Å². The van der Waals surface area contributed by atoms with Gasteiger partial charge in [-0.2, -0.15) is 0 Å². The van der Waals surface area contributed by atoms with Crippen molar-refractivity contribution in [3.05, 3.63) is 46.8 Å². The second kappa shape index (κ2) is 7.13. The van der Waals surface area contributed by atoms with Gasteiger partial charge in [0.2, 0.25) is 0 Å². The molecular weight excluding hydrogens is 336 g/mol. The number of fused-ring (bicyclic) bond motifs is 1. The largest absolute Gasteiger partial charge is 0.466 e. The fourth-order valence-electron chi connectivity index (χ4n) is 3.08. The van der Waals surface area contributed by atoms with E-state index < -0.39 is 11.9 Å². The Morgan fingerprint density at radius 3 is 2.50 bits per heavy atom. The summed E-state index contributed by atoms with van der Waals surface area (Å²) in [5, 5.41) is 0.853. The van der Waals surface area contributed by atoms with Gasteiger partial charge in [-0.25, -0.2) is 9.59 Å². The quantitative estimate of drug-likeness (QED) is 0.781. The Morgan fingerprint density at radius 2 is 1.81 bits per heavy atom. The minimum absolute atomic E-state index is 0.0191. The molecule has 0 saturated heterocycles. The Bertz CT molecular complexity index is 920. The van der Waals surface area contributed by atoms with Crippen molar-refractivity contribution >= 4 is 28.5 Å². The number of carbonyl (C=O) groups is 2. The molecule has 0 saturated carbocycles. The monoisotopic (exact) mass is 356 g/mol. The number of hydrogen-bond acceptors (Lipinski definition) is 7. The van der Waals surface area contributed by atoms with E-state index in [4.69, 9.17) is 14.2 Å². The number of anilines is 1. The summed E-state index contributed by atoms with van der Waals surface area (Å²) in [6.45, 7) is 3.93. The highest BCUT2D eigenvalue weighted by molar-refractivity contribution is 6.06. The molecule has 0 N–H and O–H groups in total. The molecule has 26 heavy (non-hydrogen) atoms. The third-order valence-corrected chi connectivity index (χ3v) is 4.29. The lowest BCUT2D eigenvalue weighted by Crippen LogP contribution is -2.39. The first-order valence-corrected chi connectivity index (χ1v) is 8.10. The number of benzene rings is 1. The second-order valence-corrected chi connectivity index (χ2v) is 5.97. The Labute approximate surface area is 151 Å². The van der Waals surface area contributed by atoms with Crippen molar-refractivity contribution in [1.29, 1.82) is 0 Å². The summed E-state index contributed by atoms with van der Waals surface area (Å²) in [6.07, 6.45) is 0. The van der Waals surface area contributed by atoms with Crippen molar-refractivity contribution < 1.29 is 23.8 Å². The molecule has 7 heteroatoms. The number of nitrogens with zero attached hydrogens (tertiary/aromatic N) is 2. The Balaban J connectivity index is 2.27. The van der Waals surface area contributed by atoms with E-state index >= 15 is 0 Å². The molecular formula is C19H20N2O5. The predicted molar refractivity (Wildman–Crippen MR) is 95.6 cm³/mol. The topological polar surface area (TPSA) is 78.0 Å². The fraction of sp³-hybridized carbons (Fsp3) is 0.316. The SMILES string of the molecule is COC(=O)C1=C(C(=O)OC)N(c2c(C)ccc3nc(C)ccc23)COC1. The maximum atomic E-state index is 12.5. The summed E-state index contributed by atoms with van der Waals surface area (Å²) in [7, 11) is 2.54. The maximum absolute atomic E-state index is 12.5. The lowest BCUT2D eigenvalue weighted by molar-refractivity contribution is -0.140. The second-order valence-electron chi connectivity index (χ2n) is 5.97. The summed E-state index contributed by atoms with van der Waals surface area (Å²) < 4.78 is 15.3. The summed E-state index contributed by atoms with van der Waals surface area (Å²) in [6, 6.07) is 7.69. The smallest absolute Gasteiger partial charge is 0.355 e. The van der Waals surface area contributed by atoms with Gasteiger partial charge in [0.15, 0.2) is 0 Å². The molecule has 0 bridgehead atoms. The third kappa shape index (κ3) is 3.01. The number of methoxy groups -OCH3 is 2. The molecule has 136 valence electrons. The highest BCUT2D eigenvalue weighted by atomic mass is 16.5. The predicted octanol–water partition coefficient (Wildman–Crippen LogP) is 2.25. The van der Waals surface area contributed by atoms with Crippen LogP contribution in [0.25, 0.3) is 10.9 Å². The van der Waals surface area contributed by atoms with Crippen LogP contribution in [0.15, 0.2) is 35.5 Å². The van der Waals surface area contributed by atoms with Crippen molar-refractivity contribution in [2.75, 3.05) is 32.5 Å². The van der Waals surface area contributed by atoms with Crippen LogP contribution < -0.4 is 4.90 Å². The number of hydrogen-bond donors (Lipinski definition) is 0. The number of esters is 2. The molecule has 1 aromatic carbocycles. The molecule has 0 unspecified atom stereocenters. The van der Waals surface area contributed by atoms with Crippen LogP contribution in [0, 0.1) is 13.8 Å². The van der Waals surface area contributed by atoms with Gasteiger partial charge in [-0.1, -0.05) is 6.07 Å². The van der Waals surface area contributed by atoms with Crippen LogP contribution in [-0.4, -0.2) is 44.5 Å². The zero-order valence-electron chi connectivity index (χ0n) is 15.2. The van der Waals surface area contributed by atoms with E-state index in [9.17, 15) is 9.59 Å². The number of rotatable bonds is 3. The summed E-state index contributed by atoms with van der Waals surface area (Å²) in [5.41, 5.74) is 3.60. The number of aryl methyl sites for hydroxylation is 2. The van der Waals surface area contributed by atoms with Crippen LogP contribution >= 0.6 is 0 Å². The van der Waals surface area contributed by atoms with Gasteiger partial charge < -0.3 is 19.1 Å². The van der Waals surface area contributed by atoms with E-state index in [2.05, 4.69) is 4.98 Å². The zero-order chi connectivity index (χ0) is 18.8. The van der Waals surface area contributed by atoms with Crippen LogP contribution in [0.3, 0.4) is 0 Å². The molecule has 1 aromatic heterocycles. The van der Waals surface area contributed by atoms with Crippen LogP contribution in [-0.2, 0) is 23.8 Å². The number of ether oxygens (including phenoxy) is 3. The van der Waals surface area contributed by atoms with Gasteiger partial charge in [0.05, 0.1) is 37.6 Å². The Hall–Kier alpha value is -2.93. The molecule has 0 amide bonds. The molecule has 2 heterocycles. The number of pyridine rings is 1. The molecule has 0 radical (unpaired) electrons. The van der Waals surface area contributed by atoms with E-state index in [1.165, 1.54) is 14.2 Å². The van der Waals surface area contributed by atoms with Gasteiger partial charge in [0.25, 0.3) is 0 Å². The van der Waals surface area contributed by atoms with Gasteiger partial charge in [0, 0.05) is 11.1 Å². The molecule has 0 spiro atoms. The summed E-state index contributed by atoms with van der Waals surface area (Å²) in [4.78, 5) is 30.8. The fourth-order valence-corrected chi connectivity index (χ4v) is 3.08. The van der Waals surface area contributed by atoms with Crippen LogP contribution in [0.1, 0.15) is 11.3 Å². The zero-order valence-corrected chi connectivity index (χ0v) is 15.2. The van der Waals surface area contributed by atoms with E-state index in [1.54, 1.807) is 4.90 Å². The molecule has 0 fully saturated rings. The summed E-state index contributed by atoms with van der Waals surface area (Å²) >= 11 is 0. The van der Waals surface area contributed by atoms with Crippen molar-refractivity contribution in [1.82, 2.24) is 4.98 Å². The Kier molecular flexibility index (Phi) is 4.90. The summed E-state index contributed by atoms with van der Waals surface area (Å²) in [5.74, 6) is -1.24. The van der Waals surface area contributed by atoms with Gasteiger partial charge in [0.1, 0.15) is 12.4 Å². The first kappa shape index (κ1) is 17.9. The molecule has 3 rings (SSSR count). The first-order valence-electron chi connectivity index (χ1n) is 8.10. The molecule has 2 aromatic rings. The van der Waals surface area contributed by atoms with Crippen LogP contribution in [0.2, 0.25) is 0 Å². The van der Waals surface area contributed by atoms with Gasteiger partial charge >= 0.3 is 11.9 Å². The molecule has 7 nitrogen and oxygen atoms in total. The van der Waals surface area contributed by atoms with E-state index in [0.29, 0.717) is 0 Å². The van der Waals surface area contributed by atoms with Gasteiger partial charge in [-0.3, -0.25) is 4.98 Å². The first-order chi connectivity index (χ1) is 12.5. The van der Waals surface area contributed by atoms with Crippen molar-refractivity contribution in [2.45, 2.75) is 13.8 Å². The molecule has 0 aliphatic carbocycles. The number of carbonyl (C=O) groups excluding carboxylic acids is 2. The standard InChI is InChI=1S/C19H20N2O5/c1-11-5-8-15-13(7-6-12(2)20-15)16(11)21-10-26-9-14(18(22)24-3)17(21)19(23)25-4/h5-8H,9-10H2,1-4H3. The van der Waals surface area contributed by atoms with Crippen LogP contribution in [0.5, 0.6) is 0 Å². The van der Waals surface area contributed by atoms with E-state index in [0.717, 1.165) is 27.8 Å². The van der Waals surface area contributed by atoms with E-state index in [1.807, 2.05) is 38.1 Å². The molecule has 1 aliphatic heterocycles. The molecule has 1 aliphatic rings. The maximum Gasteiger partial charge on any atom is 0.355 e. The van der Waals surface area contributed by atoms with Gasteiger partial charge in [-0.15, -0.1) is 0 Å². The van der Waals surface area contributed by atoms with Crippen molar-refractivity contribution in [3.8, 4) is 0 Å². The molecule has 0 atom stereocenters. The highest BCUT2D eigenvalue weighted by Gasteiger charge is 2.33. The minimum atomic E-state index is -0.623. The third-order valence-electron chi connectivity index (χ3n) is 4.29. The average Bonchev–Trinajstić information content (AvgIpc) is 2.66. The van der Waals surface area contributed by atoms with Crippen molar-refractivity contribution in [2.24, 2.45) is 0 Å². The lowest BCUT2D eigenvalue weighted by atomic mass is 10.0. The average molecular weight is 356 g/mol. The normalized spacial score (nSPS) is 14.5. The highest BCUT2D eigenvalue weighted by Crippen LogP contribution is 2.35.